The van der Waals surface area contributed by atoms with E-state index in [0.717, 1.165) is 62.3 Å². The van der Waals surface area contributed by atoms with Crippen molar-refractivity contribution in [3.05, 3.63) is 47.8 Å². The number of methoxy groups -OCH3 is 1. The Hall–Kier alpha value is -4.27. The fourth-order valence-electron chi connectivity index (χ4n) is 6.61. The maximum atomic E-state index is 13.7. The van der Waals surface area contributed by atoms with Gasteiger partial charge in [-0.2, -0.15) is 18.4 Å². The lowest BCUT2D eigenvalue weighted by atomic mass is 9.84. The molecule has 1 aromatic heterocycles. The molecule has 2 fully saturated rings. The number of nitrogens with zero attached hydrogens (tertiary/aromatic N) is 4. The van der Waals surface area contributed by atoms with Crippen LogP contribution in [0.3, 0.4) is 0 Å². The predicted octanol–water partition coefficient (Wildman–Crippen LogP) is 5.00. The van der Waals surface area contributed by atoms with Crippen molar-refractivity contribution in [2.75, 3.05) is 38.3 Å². The lowest BCUT2D eigenvalue weighted by Crippen LogP contribution is -2.53. The zero-order valence-electron chi connectivity index (χ0n) is 27.1. The number of benzene rings is 2. The standard InChI is InChI=1S/C34H39F3N6O4S/c1-22-19-42(25-8-6-23(18-38)7-9-25)14-12-28(22)41-33(44)27-15-24(16-30-32(27)40-21-43(30)20-34(35,36)37)5-4-13-39-29-17-26(48(3,45)46)10-11-31(29)47-2/h10-11,15-17,21-23,25,28,39H,6-9,12-14,19-20H2,1-3H3,(H,41,44)/t22-,23?,25?,28-/m0/s1. The van der Waals surface area contributed by atoms with E-state index in [1.54, 1.807) is 0 Å². The maximum Gasteiger partial charge on any atom is 0.406 e. The van der Waals surface area contributed by atoms with E-state index in [2.05, 4.69) is 45.4 Å². The number of likely N-dealkylation sites (tertiary alicyclic amines) is 1. The summed E-state index contributed by atoms with van der Waals surface area (Å²) >= 11 is 0. The molecule has 0 bridgehead atoms. The number of halogens is 3. The summed E-state index contributed by atoms with van der Waals surface area (Å²) in [6.07, 6.45) is 2.20. The highest BCUT2D eigenvalue weighted by Crippen LogP contribution is 2.31. The molecule has 14 heteroatoms. The number of ether oxygens (including phenoxy) is 1. The number of fused-ring (bicyclic) bond motifs is 1. The van der Waals surface area contributed by atoms with Gasteiger partial charge in [0.05, 0.1) is 47.7 Å². The number of carbonyl (C=O) groups is 1. The lowest BCUT2D eigenvalue weighted by Gasteiger charge is -2.43. The zero-order chi connectivity index (χ0) is 34.6. The van der Waals surface area contributed by atoms with E-state index in [0.29, 0.717) is 23.0 Å². The van der Waals surface area contributed by atoms with Crippen LogP contribution >= 0.6 is 0 Å². The van der Waals surface area contributed by atoms with Crippen LogP contribution in [-0.2, 0) is 16.4 Å². The summed E-state index contributed by atoms with van der Waals surface area (Å²) in [5.41, 5.74) is 1.16. The van der Waals surface area contributed by atoms with Crippen LogP contribution < -0.4 is 15.4 Å². The maximum absolute atomic E-state index is 13.7. The minimum Gasteiger partial charge on any atom is -0.495 e. The Bertz CT molecular complexity index is 1870. The predicted molar refractivity (Wildman–Crippen MR) is 175 cm³/mol. The largest absolute Gasteiger partial charge is 0.495 e. The molecule has 2 N–H and O–H groups in total. The molecular weight excluding hydrogens is 645 g/mol. The third-order valence-corrected chi connectivity index (χ3v) is 10.3. The fourth-order valence-corrected chi connectivity index (χ4v) is 7.26. The lowest BCUT2D eigenvalue weighted by molar-refractivity contribution is -0.139. The van der Waals surface area contributed by atoms with Crippen molar-refractivity contribution in [2.24, 2.45) is 11.8 Å². The number of piperidine rings is 1. The number of hydrogen-bond acceptors (Lipinski definition) is 8. The van der Waals surface area contributed by atoms with Crippen molar-refractivity contribution in [1.82, 2.24) is 19.8 Å². The quantitative estimate of drug-likeness (QED) is 0.318. The Kier molecular flexibility index (Phi) is 10.6. The van der Waals surface area contributed by atoms with E-state index >= 15 is 0 Å². The highest BCUT2D eigenvalue weighted by Gasteiger charge is 2.34. The Morgan fingerprint density at radius 1 is 1.15 bits per heavy atom. The molecule has 256 valence electrons. The van der Waals surface area contributed by atoms with Gasteiger partial charge in [-0.15, -0.1) is 0 Å². The fraction of sp³-hybridized carbons (Fsp3) is 0.500. The average molecular weight is 685 g/mol. The van der Waals surface area contributed by atoms with Crippen molar-refractivity contribution >= 4 is 32.5 Å². The summed E-state index contributed by atoms with van der Waals surface area (Å²) in [5.74, 6) is 6.09. The number of alkyl halides is 3. The van der Waals surface area contributed by atoms with E-state index in [1.807, 2.05) is 0 Å². The van der Waals surface area contributed by atoms with Crippen LogP contribution in [0, 0.1) is 35.0 Å². The number of sulfone groups is 1. The summed E-state index contributed by atoms with van der Waals surface area (Å²) in [4.78, 5) is 20.5. The number of rotatable bonds is 8. The zero-order valence-corrected chi connectivity index (χ0v) is 27.9. The molecule has 5 rings (SSSR count). The first-order valence-electron chi connectivity index (χ1n) is 15.9. The number of carbonyl (C=O) groups excluding carboxylic acids is 1. The van der Waals surface area contributed by atoms with Gasteiger partial charge in [-0.25, -0.2) is 13.4 Å². The molecule has 2 aromatic carbocycles. The molecule has 1 aliphatic carbocycles. The van der Waals surface area contributed by atoms with E-state index in [-0.39, 0.29) is 45.9 Å². The Morgan fingerprint density at radius 3 is 2.54 bits per heavy atom. The number of anilines is 1. The van der Waals surface area contributed by atoms with Gasteiger partial charge in [-0.05, 0) is 68.4 Å². The summed E-state index contributed by atoms with van der Waals surface area (Å²) in [5, 5.41) is 15.4. The summed E-state index contributed by atoms with van der Waals surface area (Å²) < 4.78 is 70.5. The van der Waals surface area contributed by atoms with Gasteiger partial charge in [0, 0.05) is 42.9 Å². The molecule has 0 unspecified atom stereocenters. The van der Waals surface area contributed by atoms with Crippen LogP contribution in [-0.4, -0.2) is 80.0 Å². The number of nitrogens with one attached hydrogen (secondary N) is 2. The highest BCUT2D eigenvalue weighted by atomic mass is 32.2. The second-order valence-corrected chi connectivity index (χ2v) is 14.7. The van der Waals surface area contributed by atoms with Crippen molar-refractivity contribution in [3.63, 3.8) is 0 Å². The number of hydrogen-bond donors (Lipinski definition) is 2. The van der Waals surface area contributed by atoms with Crippen LogP contribution in [0.15, 0.2) is 41.6 Å². The Morgan fingerprint density at radius 2 is 1.90 bits per heavy atom. The van der Waals surface area contributed by atoms with Crippen LogP contribution in [0.25, 0.3) is 11.0 Å². The first kappa shape index (κ1) is 35.0. The molecule has 2 heterocycles. The van der Waals surface area contributed by atoms with E-state index in [1.165, 1.54) is 37.4 Å². The molecule has 0 radical (unpaired) electrons. The molecule has 1 aliphatic heterocycles. The molecule has 1 amide bonds. The van der Waals surface area contributed by atoms with E-state index in [4.69, 9.17) is 4.74 Å². The molecule has 48 heavy (non-hydrogen) atoms. The third-order valence-electron chi connectivity index (χ3n) is 9.17. The van der Waals surface area contributed by atoms with Gasteiger partial charge < -0.3 is 19.9 Å². The summed E-state index contributed by atoms with van der Waals surface area (Å²) in [6.45, 7) is 2.48. The topological polar surface area (TPSA) is 129 Å². The third kappa shape index (κ3) is 8.41. The van der Waals surface area contributed by atoms with Gasteiger partial charge in [-0.3, -0.25) is 9.69 Å². The summed E-state index contributed by atoms with van der Waals surface area (Å²) in [6, 6.07) is 10.1. The van der Waals surface area contributed by atoms with Crippen LogP contribution in [0.4, 0.5) is 18.9 Å². The van der Waals surface area contributed by atoms with Crippen LogP contribution in [0.1, 0.15) is 54.9 Å². The first-order valence-corrected chi connectivity index (χ1v) is 17.8. The number of amides is 1. The normalized spacial score (nSPS) is 21.9. The molecular formula is C34H39F3N6O4S. The monoisotopic (exact) mass is 684 g/mol. The molecule has 1 saturated carbocycles. The Labute approximate surface area is 278 Å². The number of nitriles is 1. The summed E-state index contributed by atoms with van der Waals surface area (Å²) in [7, 11) is -2.02. The highest BCUT2D eigenvalue weighted by molar-refractivity contribution is 7.90. The molecule has 3 aromatic rings. The van der Waals surface area contributed by atoms with Crippen molar-refractivity contribution < 1.29 is 31.1 Å². The van der Waals surface area contributed by atoms with E-state index in [9.17, 15) is 31.6 Å². The second-order valence-electron chi connectivity index (χ2n) is 12.6. The van der Waals surface area contributed by atoms with Gasteiger partial charge >= 0.3 is 6.18 Å². The minimum absolute atomic E-state index is 0.0548. The smallest absolute Gasteiger partial charge is 0.406 e. The van der Waals surface area contributed by atoms with Gasteiger partial charge in [0.2, 0.25) is 0 Å². The van der Waals surface area contributed by atoms with Crippen molar-refractivity contribution in [2.45, 2.75) is 68.7 Å². The SMILES string of the molecule is COc1ccc(S(C)(=O)=O)cc1NCC#Cc1cc(C(=O)N[C@H]2CCN(C3CCC(C#N)CC3)C[C@@H]2C)c2ncn(CC(F)(F)F)c2c1. The van der Waals surface area contributed by atoms with Gasteiger partial charge in [0.1, 0.15) is 17.8 Å². The van der Waals surface area contributed by atoms with Gasteiger partial charge in [0.25, 0.3) is 5.91 Å². The molecule has 10 nitrogen and oxygen atoms in total. The molecule has 2 aliphatic rings. The molecule has 1 saturated heterocycles. The average Bonchev–Trinajstić information content (AvgIpc) is 3.44. The number of aromatic nitrogens is 2. The second kappa shape index (κ2) is 14.5. The van der Waals surface area contributed by atoms with Crippen molar-refractivity contribution in [3.8, 4) is 23.7 Å². The minimum atomic E-state index is -4.50. The van der Waals surface area contributed by atoms with Crippen molar-refractivity contribution in [1.29, 1.82) is 5.26 Å². The van der Waals surface area contributed by atoms with Gasteiger partial charge in [-0.1, -0.05) is 18.8 Å². The van der Waals surface area contributed by atoms with Crippen LogP contribution in [0.2, 0.25) is 0 Å². The van der Waals surface area contributed by atoms with E-state index < -0.39 is 28.5 Å². The first-order chi connectivity index (χ1) is 22.8. The van der Waals surface area contributed by atoms with Gasteiger partial charge in [0.15, 0.2) is 9.84 Å². The van der Waals surface area contributed by atoms with Crippen LogP contribution in [0.5, 0.6) is 5.75 Å². The Balaban J connectivity index is 1.34. The molecule has 2 atom stereocenters. The molecule has 0 spiro atoms. The number of imidazole rings is 1.